The van der Waals surface area contributed by atoms with Crippen LogP contribution in [0.5, 0.6) is 0 Å². The normalized spacial score (nSPS) is 17.9. The number of hydrogen-bond donors (Lipinski definition) is 2. The van der Waals surface area contributed by atoms with Crippen molar-refractivity contribution in [3.63, 3.8) is 0 Å². The number of likely N-dealkylation sites (tertiary alicyclic amines) is 1. The minimum atomic E-state index is -0.643. The second-order valence-corrected chi connectivity index (χ2v) is 6.82. The van der Waals surface area contributed by atoms with E-state index in [1.807, 2.05) is 20.9 Å². The predicted molar refractivity (Wildman–Crippen MR) is 93.7 cm³/mol. The molecule has 1 saturated heterocycles. The van der Waals surface area contributed by atoms with Crippen molar-refractivity contribution in [1.29, 1.82) is 0 Å². The highest BCUT2D eigenvalue weighted by molar-refractivity contribution is 5.83. The highest BCUT2D eigenvalue weighted by Gasteiger charge is 2.27. The zero-order valence-corrected chi connectivity index (χ0v) is 15.3. The van der Waals surface area contributed by atoms with Gasteiger partial charge in [0.05, 0.1) is 12.3 Å². The van der Waals surface area contributed by atoms with Crippen molar-refractivity contribution in [2.24, 2.45) is 11.7 Å². The third kappa shape index (κ3) is 4.55. The number of aromatic amines is 1. The molecule has 24 heavy (non-hydrogen) atoms. The molecule has 136 valence electrons. The molecule has 0 unspecified atom stereocenters. The Morgan fingerprint density at radius 2 is 2.12 bits per heavy atom. The van der Waals surface area contributed by atoms with Crippen molar-refractivity contribution in [1.82, 2.24) is 20.0 Å². The lowest BCUT2D eigenvalue weighted by molar-refractivity contribution is -0.132. The Balaban J connectivity index is 1.84. The Morgan fingerprint density at radius 1 is 1.46 bits per heavy atom. The van der Waals surface area contributed by atoms with Gasteiger partial charge in [0.1, 0.15) is 6.04 Å². The van der Waals surface area contributed by atoms with E-state index < -0.39 is 6.04 Å². The van der Waals surface area contributed by atoms with Crippen LogP contribution < -0.4 is 5.73 Å². The summed E-state index contributed by atoms with van der Waals surface area (Å²) >= 11 is 0. The zero-order chi connectivity index (χ0) is 17.7. The maximum atomic E-state index is 12.7. The maximum Gasteiger partial charge on any atom is 0.243 e. The fraction of sp³-hybridized carbons (Fsp3) is 0.765. The van der Waals surface area contributed by atoms with Crippen LogP contribution in [0.4, 0.5) is 0 Å². The number of carbonyl (C=O) groups excluding carboxylic acids is 1. The molecule has 0 spiro atoms. The first-order valence-corrected chi connectivity index (χ1v) is 8.67. The second kappa shape index (κ2) is 8.60. The number of likely N-dealkylation sites (N-methyl/N-ethyl adjacent to an activating group) is 1. The summed E-state index contributed by atoms with van der Waals surface area (Å²) in [6, 6.07) is -0.643. The van der Waals surface area contributed by atoms with Crippen molar-refractivity contribution < 1.29 is 9.53 Å². The topological polar surface area (TPSA) is 87.5 Å². The predicted octanol–water partition coefficient (Wildman–Crippen LogP) is 0.843. The summed E-state index contributed by atoms with van der Waals surface area (Å²) in [5.74, 6) is 0.501. The molecular weight excluding hydrogens is 306 g/mol. The molecule has 7 heteroatoms. The summed E-state index contributed by atoms with van der Waals surface area (Å²) in [6.07, 6.45) is 2.22. The van der Waals surface area contributed by atoms with E-state index in [1.165, 1.54) is 0 Å². The molecule has 1 aliphatic rings. The molecule has 2 heterocycles. The molecule has 1 fully saturated rings. The lowest BCUT2D eigenvalue weighted by Crippen LogP contribution is -2.42. The average Bonchev–Trinajstić information content (AvgIpc) is 2.91. The smallest absolute Gasteiger partial charge is 0.243 e. The number of methoxy groups -OCH3 is 1. The minimum absolute atomic E-state index is 0.0376. The third-order valence-electron chi connectivity index (χ3n) is 4.99. The lowest BCUT2D eigenvalue weighted by Gasteiger charge is -2.34. The van der Waals surface area contributed by atoms with E-state index in [1.54, 1.807) is 12.0 Å². The van der Waals surface area contributed by atoms with Crippen LogP contribution in [0.2, 0.25) is 0 Å². The van der Waals surface area contributed by atoms with Crippen LogP contribution in [0, 0.1) is 19.8 Å². The number of carbonyl (C=O) groups is 1. The number of amides is 1. The van der Waals surface area contributed by atoms with Gasteiger partial charge >= 0.3 is 0 Å². The molecule has 7 nitrogen and oxygen atoms in total. The molecule has 0 aliphatic carbocycles. The van der Waals surface area contributed by atoms with E-state index >= 15 is 0 Å². The first-order chi connectivity index (χ1) is 11.4. The number of rotatable bonds is 7. The van der Waals surface area contributed by atoms with Gasteiger partial charge in [-0.25, -0.2) is 0 Å². The van der Waals surface area contributed by atoms with E-state index in [9.17, 15) is 4.79 Å². The highest BCUT2D eigenvalue weighted by Crippen LogP contribution is 2.22. The summed E-state index contributed by atoms with van der Waals surface area (Å²) in [5.41, 5.74) is 8.68. The molecular formula is C17H31N5O2. The Morgan fingerprint density at radius 3 is 2.67 bits per heavy atom. The van der Waals surface area contributed by atoms with Crippen LogP contribution >= 0.6 is 0 Å². The first kappa shape index (κ1) is 18.9. The van der Waals surface area contributed by atoms with Crippen molar-refractivity contribution >= 4 is 5.91 Å². The van der Waals surface area contributed by atoms with E-state index in [0.29, 0.717) is 5.92 Å². The van der Waals surface area contributed by atoms with Crippen LogP contribution in [0.1, 0.15) is 35.8 Å². The van der Waals surface area contributed by atoms with E-state index in [-0.39, 0.29) is 5.91 Å². The van der Waals surface area contributed by atoms with Crippen LogP contribution in [0.3, 0.4) is 0 Å². The molecule has 0 bridgehead atoms. The molecule has 0 radical (unpaired) electrons. The third-order valence-corrected chi connectivity index (χ3v) is 4.99. The fourth-order valence-electron chi connectivity index (χ4n) is 3.47. The SMILES string of the molecule is COCCN1CCC(CN(C)C(=O)[C@@H](N)c2c(C)n[nH]c2C)CC1. The first-order valence-electron chi connectivity index (χ1n) is 8.67. The van der Waals surface area contributed by atoms with Gasteiger partial charge in [-0.3, -0.25) is 9.89 Å². The number of nitrogens with one attached hydrogen (secondary N) is 1. The molecule has 1 aromatic rings. The molecule has 0 saturated carbocycles. The van der Waals surface area contributed by atoms with Crippen LogP contribution in [0.15, 0.2) is 0 Å². The van der Waals surface area contributed by atoms with Gasteiger partial charge in [0.25, 0.3) is 0 Å². The summed E-state index contributed by atoms with van der Waals surface area (Å²) < 4.78 is 5.13. The van der Waals surface area contributed by atoms with Crippen molar-refractivity contribution in [2.75, 3.05) is 46.9 Å². The Labute approximate surface area is 144 Å². The number of H-pyrrole nitrogens is 1. The summed E-state index contributed by atoms with van der Waals surface area (Å²) in [4.78, 5) is 16.9. The van der Waals surface area contributed by atoms with Gasteiger partial charge in [0.15, 0.2) is 0 Å². The Kier molecular flexibility index (Phi) is 6.77. The number of nitrogens with two attached hydrogens (primary N) is 1. The zero-order valence-electron chi connectivity index (χ0n) is 15.3. The molecule has 1 aromatic heterocycles. The van der Waals surface area contributed by atoms with Crippen molar-refractivity contribution in [2.45, 2.75) is 32.7 Å². The van der Waals surface area contributed by atoms with E-state index in [4.69, 9.17) is 10.5 Å². The number of nitrogens with zero attached hydrogens (tertiary/aromatic N) is 3. The molecule has 1 amide bonds. The summed E-state index contributed by atoms with van der Waals surface area (Å²) in [7, 11) is 3.59. The Bertz CT molecular complexity index is 518. The number of aromatic nitrogens is 2. The maximum absolute atomic E-state index is 12.7. The van der Waals surface area contributed by atoms with Crippen LogP contribution in [0.25, 0.3) is 0 Å². The molecule has 0 aromatic carbocycles. The summed E-state index contributed by atoms with van der Waals surface area (Å²) in [6.45, 7) is 8.45. The van der Waals surface area contributed by atoms with Crippen molar-refractivity contribution in [3.05, 3.63) is 17.0 Å². The van der Waals surface area contributed by atoms with E-state index in [2.05, 4.69) is 15.1 Å². The standard InChI is InChI=1S/C17H31N5O2/c1-12-15(13(2)20-19-12)16(18)17(23)21(3)11-14-5-7-22(8-6-14)9-10-24-4/h14,16H,5-11,18H2,1-4H3,(H,19,20)/t16-/m0/s1. The van der Waals surface area contributed by atoms with Gasteiger partial charge in [-0.15, -0.1) is 0 Å². The van der Waals surface area contributed by atoms with Gasteiger partial charge in [-0.2, -0.15) is 5.10 Å². The summed E-state index contributed by atoms with van der Waals surface area (Å²) in [5, 5.41) is 7.03. The quantitative estimate of drug-likeness (QED) is 0.770. The number of hydrogen-bond acceptors (Lipinski definition) is 5. The van der Waals surface area contributed by atoms with Gasteiger partial charge in [-0.1, -0.05) is 0 Å². The average molecular weight is 337 g/mol. The monoisotopic (exact) mass is 337 g/mol. The van der Waals surface area contributed by atoms with Gasteiger partial charge in [0.2, 0.25) is 5.91 Å². The fourth-order valence-corrected chi connectivity index (χ4v) is 3.47. The minimum Gasteiger partial charge on any atom is -0.383 e. The molecule has 1 atom stereocenters. The molecule has 1 aliphatic heterocycles. The molecule has 2 rings (SSSR count). The van der Waals surface area contributed by atoms with Gasteiger partial charge < -0.3 is 20.3 Å². The number of piperidine rings is 1. The number of aryl methyl sites for hydroxylation is 2. The van der Waals surface area contributed by atoms with Gasteiger partial charge in [-0.05, 0) is 45.7 Å². The van der Waals surface area contributed by atoms with Crippen molar-refractivity contribution in [3.8, 4) is 0 Å². The largest absolute Gasteiger partial charge is 0.383 e. The Hall–Kier alpha value is -1.44. The molecule has 3 N–H and O–H groups in total. The van der Waals surface area contributed by atoms with Gasteiger partial charge in [0, 0.05) is 38.5 Å². The second-order valence-electron chi connectivity index (χ2n) is 6.82. The van der Waals surface area contributed by atoms with E-state index in [0.717, 1.165) is 62.6 Å². The highest BCUT2D eigenvalue weighted by atomic mass is 16.5. The van der Waals surface area contributed by atoms with Crippen LogP contribution in [-0.2, 0) is 9.53 Å². The number of ether oxygens (including phenoxy) is 1. The lowest BCUT2D eigenvalue weighted by atomic mass is 9.95. The van der Waals surface area contributed by atoms with Crippen LogP contribution in [-0.4, -0.2) is 72.8 Å².